The molecule has 0 amide bonds. The third-order valence-electron chi connectivity index (χ3n) is 3.80. The van der Waals surface area contributed by atoms with Crippen LogP contribution in [0.5, 0.6) is 0 Å². The zero-order valence-electron chi connectivity index (χ0n) is 11.8. The van der Waals surface area contributed by atoms with Gasteiger partial charge in [-0.15, -0.1) is 0 Å². The highest BCUT2D eigenvalue weighted by Gasteiger charge is 2.23. The molecule has 1 aliphatic rings. The van der Waals surface area contributed by atoms with Crippen molar-refractivity contribution >= 4 is 0 Å². The molecule has 0 aliphatic carbocycles. The van der Waals surface area contributed by atoms with Crippen molar-refractivity contribution in [2.45, 2.75) is 44.2 Å². The molecule has 19 heavy (non-hydrogen) atoms. The Kier molecular flexibility index (Phi) is 5.37. The number of ether oxygens (including phenoxy) is 1. The number of benzene rings is 1. The molecule has 2 unspecified atom stereocenters. The molecule has 106 valence electrons. The van der Waals surface area contributed by atoms with Crippen molar-refractivity contribution in [3.63, 3.8) is 0 Å². The topological polar surface area (TPSA) is 41.5 Å². The molecule has 1 aliphatic heterocycles. The first-order valence-corrected chi connectivity index (χ1v) is 7.27. The molecule has 3 nitrogen and oxygen atoms in total. The Bertz CT molecular complexity index is 358. The summed E-state index contributed by atoms with van der Waals surface area (Å²) in [6.45, 7) is 4.00. The van der Waals surface area contributed by atoms with Crippen molar-refractivity contribution in [1.82, 2.24) is 5.32 Å². The van der Waals surface area contributed by atoms with Gasteiger partial charge >= 0.3 is 0 Å². The van der Waals surface area contributed by atoms with Crippen LogP contribution in [0.4, 0.5) is 0 Å². The summed E-state index contributed by atoms with van der Waals surface area (Å²) in [6.07, 6.45) is 4.89. The van der Waals surface area contributed by atoms with Crippen LogP contribution in [-0.4, -0.2) is 30.9 Å². The molecule has 0 bridgehead atoms. The third-order valence-corrected chi connectivity index (χ3v) is 3.80. The average Bonchev–Trinajstić information content (AvgIpc) is 2.46. The molecule has 0 spiro atoms. The van der Waals surface area contributed by atoms with E-state index >= 15 is 0 Å². The van der Waals surface area contributed by atoms with Gasteiger partial charge in [-0.05, 0) is 38.3 Å². The lowest BCUT2D eigenvalue weighted by Crippen LogP contribution is -2.35. The second kappa shape index (κ2) is 7.04. The molecular weight excluding hydrogens is 238 g/mol. The lowest BCUT2D eigenvalue weighted by atomic mass is 9.97. The molecule has 1 saturated heterocycles. The number of hydrogen-bond donors (Lipinski definition) is 2. The van der Waals surface area contributed by atoms with E-state index in [4.69, 9.17) is 4.74 Å². The highest BCUT2D eigenvalue weighted by Crippen LogP contribution is 2.20. The van der Waals surface area contributed by atoms with E-state index in [-0.39, 0.29) is 0 Å². The van der Waals surface area contributed by atoms with E-state index in [1.165, 1.54) is 19.3 Å². The molecule has 2 atom stereocenters. The summed E-state index contributed by atoms with van der Waals surface area (Å²) in [7, 11) is 0. The Morgan fingerprint density at radius 2 is 2.11 bits per heavy atom. The quantitative estimate of drug-likeness (QED) is 0.775. The van der Waals surface area contributed by atoms with Gasteiger partial charge in [0.2, 0.25) is 0 Å². The summed E-state index contributed by atoms with van der Waals surface area (Å²) >= 11 is 0. The van der Waals surface area contributed by atoms with Crippen LogP contribution in [-0.2, 0) is 10.3 Å². The van der Waals surface area contributed by atoms with Crippen molar-refractivity contribution < 1.29 is 9.84 Å². The average molecular weight is 263 g/mol. The summed E-state index contributed by atoms with van der Waals surface area (Å²) in [5, 5.41) is 13.9. The summed E-state index contributed by atoms with van der Waals surface area (Å²) in [6, 6.07) is 10.3. The van der Waals surface area contributed by atoms with Crippen LogP contribution < -0.4 is 5.32 Å². The molecular formula is C16H25NO2. The van der Waals surface area contributed by atoms with Crippen molar-refractivity contribution in [2.75, 3.05) is 19.8 Å². The number of hydrogen-bond acceptors (Lipinski definition) is 3. The summed E-state index contributed by atoms with van der Waals surface area (Å²) in [5.41, 5.74) is 0.00661. The van der Waals surface area contributed by atoms with E-state index in [1.807, 2.05) is 30.3 Å². The SMILES string of the molecule is CC(O)(COCCC1CCCCN1)c1ccccc1. The fraction of sp³-hybridized carbons (Fsp3) is 0.625. The number of nitrogens with one attached hydrogen (secondary N) is 1. The maximum atomic E-state index is 10.4. The van der Waals surface area contributed by atoms with Crippen molar-refractivity contribution in [3.05, 3.63) is 35.9 Å². The van der Waals surface area contributed by atoms with Gasteiger partial charge in [-0.1, -0.05) is 36.8 Å². The molecule has 2 rings (SSSR count). The lowest BCUT2D eigenvalue weighted by molar-refractivity contribution is -0.0398. The first-order chi connectivity index (χ1) is 9.18. The highest BCUT2D eigenvalue weighted by atomic mass is 16.5. The van der Waals surface area contributed by atoms with Gasteiger partial charge in [0.1, 0.15) is 5.60 Å². The normalized spacial score (nSPS) is 22.9. The summed E-state index contributed by atoms with van der Waals surface area (Å²) < 4.78 is 5.67. The van der Waals surface area contributed by atoms with Gasteiger partial charge in [0.25, 0.3) is 0 Å². The standard InChI is InChI=1S/C16H25NO2/c1-16(18,14-7-3-2-4-8-14)13-19-12-10-15-9-5-6-11-17-15/h2-4,7-8,15,17-18H,5-6,9-13H2,1H3. The van der Waals surface area contributed by atoms with Gasteiger partial charge in [0.15, 0.2) is 0 Å². The van der Waals surface area contributed by atoms with Crippen LogP contribution >= 0.6 is 0 Å². The van der Waals surface area contributed by atoms with Gasteiger partial charge < -0.3 is 15.2 Å². The van der Waals surface area contributed by atoms with Crippen molar-refractivity contribution in [1.29, 1.82) is 0 Å². The number of aliphatic hydroxyl groups is 1. The Morgan fingerprint density at radius 1 is 1.32 bits per heavy atom. The van der Waals surface area contributed by atoms with E-state index < -0.39 is 5.60 Å². The van der Waals surface area contributed by atoms with E-state index in [0.717, 1.165) is 18.5 Å². The van der Waals surface area contributed by atoms with E-state index in [2.05, 4.69) is 5.32 Å². The zero-order chi connectivity index (χ0) is 13.6. The van der Waals surface area contributed by atoms with Gasteiger partial charge in [0.05, 0.1) is 6.61 Å². The third kappa shape index (κ3) is 4.60. The molecule has 2 N–H and O–H groups in total. The van der Waals surface area contributed by atoms with Crippen molar-refractivity contribution in [2.24, 2.45) is 0 Å². The van der Waals surface area contributed by atoms with Crippen LogP contribution in [0.1, 0.15) is 38.2 Å². The first kappa shape index (κ1) is 14.5. The van der Waals surface area contributed by atoms with Gasteiger partial charge in [-0.2, -0.15) is 0 Å². The fourth-order valence-corrected chi connectivity index (χ4v) is 2.55. The largest absolute Gasteiger partial charge is 0.383 e. The van der Waals surface area contributed by atoms with Crippen molar-refractivity contribution in [3.8, 4) is 0 Å². The molecule has 3 heteroatoms. The lowest BCUT2D eigenvalue weighted by Gasteiger charge is -2.26. The maximum absolute atomic E-state index is 10.4. The van der Waals surface area contributed by atoms with Gasteiger partial charge in [-0.3, -0.25) is 0 Å². The van der Waals surface area contributed by atoms with Crippen LogP contribution in [0.25, 0.3) is 0 Å². The highest BCUT2D eigenvalue weighted by molar-refractivity contribution is 5.21. The minimum absolute atomic E-state index is 0.351. The molecule has 0 radical (unpaired) electrons. The second-order valence-corrected chi connectivity index (χ2v) is 5.63. The second-order valence-electron chi connectivity index (χ2n) is 5.63. The first-order valence-electron chi connectivity index (χ1n) is 7.27. The molecule has 1 fully saturated rings. The molecule has 1 aromatic carbocycles. The van der Waals surface area contributed by atoms with Crippen LogP contribution in [0.15, 0.2) is 30.3 Å². The Hall–Kier alpha value is -0.900. The van der Waals surface area contributed by atoms with Crippen LogP contribution in [0.2, 0.25) is 0 Å². The van der Waals surface area contributed by atoms with E-state index in [0.29, 0.717) is 19.3 Å². The zero-order valence-corrected chi connectivity index (χ0v) is 11.8. The predicted octanol–water partition coefficient (Wildman–Crippen LogP) is 2.44. The van der Waals surface area contributed by atoms with Gasteiger partial charge in [-0.25, -0.2) is 0 Å². The van der Waals surface area contributed by atoms with Gasteiger partial charge in [0, 0.05) is 12.6 Å². The maximum Gasteiger partial charge on any atom is 0.110 e. The minimum Gasteiger partial charge on any atom is -0.383 e. The molecule has 1 heterocycles. The van der Waals surface area contributed by atoms with Crippen LogP contribution in [0, 0.1) is 0 Å². The van der Waals surface area contributed by atoms with E-state index in [9.17, 15) is 5.11 Å². The molecule has 1 aromatic rings. The minimum atomic E-state index is -0.902. The Morgan fingerprint density at radius 3 is 2.79 bits per heavy atom. The van der Waals surface area contributed by atoms with Crippen LogP contribution in [0.3, 0.4) is 0 Å². The number of piperidine rings is 1. The summed E-state index contributed by atoms with van der Waals surface area (Å²) in [4.78, 5) is 0. The Labute approximate surface area is 116 Å². The monoisotopic (exact) mass is 263 g/mol. The molecule has 0 aromatic heterocycles. The Balaban J connectivity index is 1.69. The summed E-state index contributed by atoms with van der Waals surface area (Å²) in [5.74, 6) is 0. The predicted molar refractivity (Wildman–Crippen MR) is 77.1 cm³/mol. The fourth-order valence-electron chi connectivity index (χ4n) is 2.55. The molecule has 0 saturated carbocycles. The van der Waals surface area contributed by atoms with E-state index in [1.54, 1.807) is 6.92 Å². The smallest absolute Gasteiger partial charge is 0.110 e. The number of rotatable bonds is 6.